The third-order valence-electron chi connectivity index (χ3n) is 4.85. The normalized spacial score (nSPS) is 10.9. The third kappa shape index (κ3) is 3.81. The van der Waals surface area contributed by atoms with Gasteiger partial charge >= 0.3 is 0 Å². The predicted octanol–water partition coefficient (Wildman–Crippen LogP) is 4.25. The number of pyridine rings is 1. The average Bonchev–Trinajstić information content (AvgIpc) is 3.59. The van der Waals surface area contributed by atoms with E-state index in [0.29, 0.717) is 11.4 Å². The molecular weight excluding hydrogens is 427 g/mol. The van der Waals surface area contributed by atoms with Crippen LogP contribution in [-0.2, 0) is 6.54 Å². The van der Waals surface area contributed by atoms with E-state index in [-0.39, 0.29) is 18.1 Å². The van der Waals surface area contributed by atoms with Gasteiger partial charge in [0.25, 0.3) is 5.91 Å². The first-order chi connectivity index (χ1) is 15.7. The Hall–Kier alpha value is -4.11. The van der Waals surface area contributed by atoms with E-state index in [0.717, 1.165) is 16.3 Å². The van der Waals surface area contributed by atoms with Crippen molar-refractivity contribution in [3.05, 3.63) is 101 Å². The summed E-state index contributed by atoms with van der Waals surface area (Å²) in [6.45, 7) is 0.268. The van der Waals surface area contributed by atoms with Crippen molar-refractivity contribution in [2.45, 2.75) is 6.54 Å². The molecule has 158 valence electrons. The van der Waals surface area contributed by atoms with Gasteiger partial charge in [-0.1, -0.05) is 12.1 Å². The Balaban J connectivity index is 1.41. The van der Waals surface area contributed by atoms with Crippen LogP contribution in [-0.4, -0.2) is 30.2 Å². The van der Waals surface area contributed by atoms with Crippen molar-refractivity contribution in [3.8, 4) is 22.8 Å². The molecule has 1 aromatic carbocycles. The van der Waals surface area contributed by atoms with Gasteiger partial charge in [0.15, 0.2) is 5.82 Å². The molecule has 0 aliphatic carbocycles. The van der Waals surface area contributed by atoms with Gasteiger partial charge in [0, 0.05) is 35.7 Å². The Bertz CT molecular complexity index is 1360. The number of rotatable bonds is 6. The maximum atomic E-state index is 14.4. The summed E-state index contributed by atoms with van der Waals surface area (Å²) < 4.78 is 17.6. The Morgan fingerprint density at radius 3 is 2.62 bits per heavy atom. The Labute approximate surface area is 186 Å². The Morgan fingerprint density at radius 1 is 1.06 bits per heavy atom. The Morgan fingerprint density at radius 2 is 1.84 bits per heavy atom. The number of thiazole rings is 1. The van der Waals surface area contributed by atoms with E-state index in [1.807, 2.05) is 29.6 Å². The molecule has 1 amide bonds. The lowest BCUT2D eigenvalue weighted by Crippen LogP contribution is -2.24. The zero-order valence-corrected chi connectivity index (χ0v) is 17.5. The van der Waals surface area contributed by atoms with Crippen LogP contribution in [0.1, 0.15) is 15.4 Å². The zero-order valence-electron chi connectivity index (χ0n) is 16.7. The Kier molecular flexibility index (Phi) is 5.30. The van der Waals surface area contributed by atoms with Crippen LogP contribution < -0.4 is 5.32 Å². The molecule has 0 saturated heterocycles. The number of hydrogen-bond acceptors (Lipinski definition) is 5. The summed E-state index contributed by atoms with van der Waals surface area (Å²) in [6.07, 6.45) is 8.44. The largest absolute Gasteiger partial charge is 0.345 e. The summed E-state index contributed by atoms with van der Waals surface area (Å²) in [5.41, 5.74) is 2.39. The van der Waals surface area contributed by atoms with Crippen molar-refractivity contribution in [2.75, 3.05) is 0 Å². The van der Waals surface area contributed by atoms with E-state index >= 15 is 0 Å². The first-order valence-electron chi connectivity index (χ1n) is 9.80. The van der Waals surface area contributed by atoms with Gasteiger partial charge in [-0.2, -0.15) is 5.10 Å². The molecule has 0 aliphatic rings. The van der Waals surface area contributed by atoms with E-state index in [1.54, 1.807) is 47.6 Å². The van der Waals surface area contributed by atoms with E-state index in [1.165, 1.54) is 28.3 Å². The number of benzene rings is 1. The number of carbonyl (C=O) groups excluding carboxylic acids is 1. The highest BCUT2D eigenvalue weighted by Crippen LogP contribution is 2.23. The number of para-hydroxylation sites is 1. The minimum atomic E-state index is -0.428. The van der Waals surface area contributed by atoms with E-state index in [9.17, 15) is 9.18 Å². The number of hydrogen-bond donors (Lipinski definition) is 1. The van der Waals surface area contributed by atoms with Crippen LogP contribution in [0.2, 0.25) is 0 Å². The SMILES string of the molecule is O=C(NCc1nc(-c2ccncc2)cs1)c1cnn(-c2ccccc2F)c1-n1cccc1. The standard InChI is InChI=1S/C23H17FN6OS/c24-18-5-1-2-6-20(18)30-23(29-11-3-4-12-29)17(13-27-30)22(31)26-14-21-28-19(15-32-21)16-7-9-25-10-8-16/h1-13,15H,14H2,(H,26,31). The van der Waals surface area contributed by atoms with Gasteiger partial charge in [0.2, 0.25) is 0 Å². The molecule has 0 spiro atoms. The first kappa shape index (κ1) is 19.8. The predicted molar refractivity (Wildman–Crippen MR) is 119 cm³/mol. The highest BCUT2D eigenvalue weighted by molar-refractivity contribution is 7.09. The minimum absolute atomic E-state index is 0.261. The highest BCUT2D eigenvalue weighted by Gasteiger charge is 2.21. The topological polar surface area (TPSA) is 77.6 Å². The molecular formula is C23H17FN6OS. The van der Waals surface area contributed by atoms with Gasteiger partial charge in [0.1, 0.15) is 22.1 Å². The molecule has 0 bridgehead atoms. The molecule has 0 radical (unpaired) electrons. The summed E-state index contributed by atoms with van der Waals surface area (Å²) >= 11 is 1.47. The van der Waals surface area contributed by atoms with Crippen LogP contribution in [0.15, 0.2) is 84.9 Å². The lowest BCUT2D eigenvalue weighted by molar-refractivity contribution is 0.0951. The second-order valence-corrected chi connectivity index (χ2v) is 7.82. The molecule has 0 unspecified atom stereocenters. The van der Waals surface area contributed by atoms with Gasteiger partial charge in [-0.15, -0.1) is 11.3 Å². The van der Waals surface area contributed by atoms with E-state index in [2.05, 4.69) is 20.4 Å². The van der Waals surface area contributed by atoms with Gasteiger partial charge in [-0.3, -0.25) is 9.78 Å². The van der Waals surface area contributed by atoms with Crippen molar-refractivity contribution in [1.82, 2.24) is 29.6 Å². The second kappa shape index (κ2) is 8.56. The zero-order chi connectivity index (χ0) is 21.9. The van der Waals surface area contributed by atoms with Gasteiger partial charge < -0.3 is 9.88 Å². The monoisotopic (exact) mass is 444 g/mol. The number of halogens is 1. The molecule has 1 N–H and O–H groups in total. The number of nitrogens with zero attached hydrogens (tertiary/aromatic N) is 5. The molecule has 0 atom stereocenters. The lowest BCUT2D eigenvalue weighted by Gasteiger charge is -2.11. The van der Waals surface area contributed by atoms with Crippen molar-refractivity contribution in [3.63, 3.8) is 0 Å². The van der Waals surface area contributed by atoms with Crippen LogP contribution in [0.4, 0.5) is 4.39 Å². The molecule has 5 aromatic rings. The van der Waals surface area contributed by atoms with Crippen molar-refractivity contribution < 1.29 is 9.18 Å². The molecule has 0 saturated carbocycles. The fourth-order valence-corrected chi connectivity index (χ4v) is 4.07. The molecule has 4 aromatic heterocycles. The maximum absolute atomic E-state index is 14.4. The number of nitrogens with one attached hydrogen (secondary N) is 1. The lowest BCUT2D eigenvalue weighted by atomic mass is 10.2. The van der Waals surface area contributed by atoms with E-state index < -0.39 is 5.82 Å². The number of carbonyl (C=O) groups is 1. The van der Waals surface area contributed by atoms with Crippen LogP contribution >= 0.6 is 11.3 Å². The number of amides is 1. The van der Waals surface area contributed by atoms with Gasteiger partial charge in [-0.05, 0) is 36.4 Å². The summed E-state index contributed by atoms with van der Waals surface area (Å²) in [5, 5.41) is 9.91. The summed E-state index contributed by atoms with van der Waals surface area (Å²) in [5.74, 6) is -0.298. The molecule has 9 heteroatoms. The molecule has 32 heavy (non-hydrogen) atoms. The quantitative estimate of drug-likeness (QED) is 0.425. The van der Waals surface area contributed by atoms with Crippen molar-refractivity contribution in [1.29, 1.82) is 0 Å². The van der Waals surface area contributed by atoms with E-state index in [4.69, 9.17) is 0 Å². The van der Waals surface area contributed by atoms with Crippen molar-refractivity contribution in [2.24, 2.45) is 0 Å². The second-order valence-electron chi connectivity index (χ2n) is 6.88. The number of aromatic nitrogens is 5. The van der Waals surface area contributed by atoms with Gasteiger partial charge in [0.05, 0.1) is 18.4 Å². The fraction of sp³-hybridized carbons (Fsp3) is 0.0435. The van der Waals surface area contributed by atoms with Gasteiger partial charge in [-0.25, -0.2) is 14.1 Å². The van der Waals surface area contributed by atoms with Crippen LogP contribution in [0.3, 0.4) is 0 Å². The van der Waals surface area contributed by atoms with Crippen LogP contribution in [0.25, 0.3) is 22.8 Å². The molecule has 5 rings (SSSR count). The summed E-state index contributed by atoms with van der Waals surface area (Å²) in [4.78, 5) is 21.6. The first-order valence-corrected chi connectivity index (χ1v) is 10.7. The van der Waals surface area contributed by atoms with Crippen LogP contribution in [0, 0.1) is 5.82 Å². The fourth-order valence-electron chi connectivity index (χ4n) is 3.32. The summed E-state index contributed by atoms with van der Waals surface area (Å²) in [7, 11) is 0. The molecule has 4 heterocycles. The molecule has 7 nitrogen and oxygen atoms in total. The third-order valence-corrected chi connectivity index (χ3v) is 5.69. The molecule has 0 aliphatic heterocycles. The van der Waals surface area contributed by atoms with Crippen molar-refractivity contribution >= 4 is 17.2 Å². The minimum Gasteiger partial charge on any atom is -0.345 e. The molecule has 0 fully saturated rings. The highest BCUT2D eigenvalue weighted by atomic mass is 32.1. The average molecular weight is 444 g/mol. The maximum Gasteiger partial charge on any atom is 0.257 e. The van der Waals surface area contributed by atoms with Crippen LogP contribution in [0.5, 0.6) is 0 Å². The summed E-state index contributed by atoms with van der Waals surface area (Å²) in [6, 6.07) is 13.7. The smallest absolute Gasteiger partial charge is 0.257 e.